The van der Waals surface area contributed by atoms with E-state index in [-0.39, 0.29) is 11.8 Å². The summed E-state index contributed by atoms with van der Waals surface area (Å²) in [5.41, 5.74) is 3.27. The minimum atomic E-state index is -0.697. The number of fused-ring (bicyclic) bond motifs is 1. The number of carbonyl (C=O) groups is 1. The zero-order valence-corrected chi connectivity index (χ0v) is 8.92. The Morgan fingerprint density at radius 2 is 2.44 bits per heavy atom. The van der Waals surface area contributed by atoms with Crippen LogP contribution < -0.4 is 0 Å². The van der Waals surface area contributed by atoms with Gasteiger partial charge in [0.2, 0.25) is 0 Å². The first-order valence-electron chi connectivity index (χ1n) is 5.33. The molecular weight excluding hydrogens is 204 g/mol. The fourth-order valence-corrected chi connectivity index (χ4v) is 2.20. The third kappa shape index (κ3) is 1.30. The maximum Gasteiger partial charge on any atom is 0.307 e. The van der Waals surface area contributed by atoms with Crippen LogP contribution in [-0.4, -0.2) is 20.7 Å². The van der Waals surface area contributed by atoms with Gasteiger partial charge < -0.3 is 5.11 Å². The van der Waals surface area contributed by atoms with Crippen molar-refractivity contribution < 1.29 is 9.90 Å². The molecule has 82 valence electrons. The fourth-order valence-electron chi connectivity index (χ4n) is 2.20. The Balaban J connectivity index is 2.05. The third-order valence-electron chi connectivity index (χ3n) is 3.21. The second kappa shape index (κ2) is 3.07. The van der Waals surface area contributed by atoms with Gasteiger partial charge >= 0.3 is 5.97 Å². The van der Waals surface area contributed by atoms with Crippen LogP contribution in [0.3, 0.4) is 0 Å². The Hall–Kier alpha value is -1.84. The molecular formula is C12H12N2O2. The molecule has 0 amide bonds. The molecule has 0 saturated heterocycles. The van der Waals surface area contributed by atoms with Crippen molar-refractivity contribution in [2.45, 2.75) is 19.3 Å². The predicted octanol–water partition coefficient (Wildman–Crippen LogP) is 1.83. The van der Waals surface area contributed by atoms with Gasteiger partial charge in [-0.3, -0.25) is 4.79 Å². The van der Waals surface area contributed by atoms with Gasteiger partial charge in [0.05, 0.1) is 17.6 Å². The summed E-state index contributed by atoms with van der Waals surface area (Å²) < 4.78 is 1.81. The molecule has 2 atom stereocenters. The van der Waals surface area contributed by atoms with Crippen LogP contribution in [-0.2, 0) is 4.79 Å². The molecule has 2 aromatic rings. The van der Waals surface area contributed by atoms with E-state index in [1.54, 1.807) is 10.7 Å². The standard InChI is InChI=1S/C12H12N2O2/c1-7-2-3-14-11(4-7)10(6-13-14)8-5-9(8)12(15)16/h2-4,6,8-9H,5H2,1H3,(H,15,16). The van der Waals surface area contributed by atoms with Gasteiger partial charge in [-0.2, -0.15) is 5.10 Å². The van der Waals surface area contributed by atoms with E-state index in [0.29, 0.717) is 0 Å². The normalized spacial score (nSPS) is 23.6. The predicted molar refractivity (Wildman–Crippen MR) is 58.4 cm³/mol. The number of aryl methyl sites for hydroxylation is 1. The first kappa shape index (κ1) is 9.39. The van der Waals surface area contributed by atoms with Gasteiger partial charge in [-0.1, -0.05) is 0 Å². The first-order chi connectivity index (χ1) is 7.66. The van der Waals surface area contributed by atoms with E-state index in [1.165, 1.54) is 5.56 Å². The Morgan fingerprint density at radius 3 is 3.12 bits per heavy atom. The third-order valence-corrected chi connectivity index (χ3v) is 3.21. The fraction of sp³-hybridized carbons (Fsp3) is 0.333. The molecule has 0 aliphatic heterocycles. The van der Waals surface area contributed by atoms with E-state index in [0.717, 1.165) is 17.5 Å². The van der Waals surface area contributed by atoms with Crippen molar-refractivity contribution in [3.8, 4) is 0 Å². The average Bonchev–Trinajstić information content (AvgIpc) is 2.93. The molecule has 4 heteroatoms. The number of hydrogen-bond acceptors (Lipinski definition) is 2. The van der Waals surface area contributed by atoms with Gasteiger partial charge in [-0.05, 0) is 31.0 Å². The van der Waals surface area contributed by atoms with Gasteiger partial charge in [0.1, 0.15) is 0 Å². The highest BCUT2D eigenvalue weighted by molar-refractivity contribution is 5.76. The van der Waals surface area contributed by atoms with Crippen molar-refractivity contribution in [3.05, 3.63) is 35.7 Å². The van der Waals surface area contributed by atoms with Gasteiger partial charge in [0, 0.05) is 17.7 Å². The van der Waals surface area contributed by atoms with Crippen LogP contribution >= 0.6 is 0 Å². The highest BCUT2D eigenvalue weighted by Crippen LogP contribution is 2.48. The Labute approximate surface area is 92.5 Å². The second-order valence-electron chi connectivity index (χ2n) is 4.42. The van der Waals surface area contributed by atoms with E-state index in [4.69, 9.17) is 5.11 Å². The lowest BCUT2D eigenvalue weighted by atomic mass is 10.1. The zero-order valence-electron chi connectivity index (χ0n) is 8.92. The molecule has 1 aliphatic rings. The van der Waals surface area contributed by atoms with Crippen LogP contribution in [0.4, 0.5) is 0 Å². The summed E-state index contributed by atoms with van der Waals surface area (Å²) in [6.45, 7) is 2.03. The minimum absolute atomic E-state index is 0.150. The summed E-state index contributed by atoms with van der Waals surface area (Å²) in [7, 11) is 0. The van der Waals surface area contributed by atoms with Crippen molar-refractivity contribution in [1.29, 1.82) is 0 Å². The Kier molecular flexibility index (Phi) is 1.80. The second-order valence-corrected chi connectivity index (χ2v) is 4.42. The molecule has 2 heterocycles. The van der Waals surface area contributed by atoms with Gasteiger partial charge in [0.25, 0.3) is 0 Å². The van der Waals surface area contributed by atoms with Crippen LogP contribution in [0.2, 0.25) is 0 Å². The highest BCUT2D eigenvalue weighted by atomic mass is 16.4. The quantitative estimate of drug-likeness (QED) is 0.833. The Morgan fingerprint density at radius 1 is 1.62 bits per heavy atom. The van der Waals surface area contributed by atoms with E-state index >= 15 is 0 Å². The maximum absolute atomic E-state index is 10.8. The molecule has 0 aromatic carbocycles. The lowest BCUT2D eigenvalue weighted by molar-refractivity contribution is -0.138. The van der Waals surface area contributed by atoms with E-state index in [2.05, 4.69) is 11.2 Å². The minimum Gasteiger partial charge on any atom is -0.481 e. The number of aliphatic carboxylic acids is 1. The number of carboxylic acid groups (broad SMARTS) is 1. The number of aromatic nitrogens is 2. The van der Waals surface area contributed by atoms with Crippen LogP contribution in [0.15, 0.2) is 24.5 Å². The maximum atomic E-state index is 10.8. The van der Waals surface area contributed by atoms with Crippen LogP contribution in [0, 0.1) is 12.8 Å². The van der Waals surface area contributed by atoms with Crippen molar-refractivity contribution >= 4 is 11.5 Å². The molecule has 0 radical (unpaired) electrons. The van der Waals surface area contributed by atoms with Gasteiger partial charge in [0.15, 0.2) is 0 Å². The van der Waals surface area contributed by atoms with Crippen molar-refractivity contribution in [2.24, 2.45) is 5.92 Å². The molecule has 4 nitrogen and oxygen atoms in total. The SMILES string of the molecule is Cc1ccn2ncc(C3CC3C(=O)O)c2c1. The summed E-state index contributed by atoms with van der Waals surface area (Å²) in [4.78, 5) is 10.8. The number of pyridine rings is 1. The number of rotatable bonds is 2. The van der Waals surface area contributed by atoms with Crippen molar-refractivity contribution in [1.82, 2.24) is 9.61 Å². The largest absolute Gasteiger partial charge is 0.481 e. The molecule has 2 aromatic heterocycles. The molecule has 3 rings (SSSR count). The number of carboxylic acids is 1. The Bertz CT molecular complexity index is 573. The topological polar surface area (TPSA) is 54.6 Å². The van der Waals surface area contributed by atoms with Crippen molar-refractivity contribution in [3.63, 3.8) is 0 Å². The van der Waals surface area contributed by atoms with E-state index < -0.39 is 5.97 Å². The summed E-state index contributed by atoms with van der Waals surface area (Å²) >= 11 is 0. The van der Waals surface area contributed by atoms with E-state index in [9.17, 15) is 4.79 Å². The zero-order chi connectivity index (χ0) is 11.3. The van der Waals surface area contributed by atoms with Crippen molar-refractivity contribution in [2.75, 3.05) is 0 Å². The summed E-state index contributed by atoms with van der Waals surface area (Å²) in [5, 5.41) is 13.2. The van der Waals surface area contributed by atoms with E-state index in [1.807, 2.05) is 19.2 Å². The molecule has 1 saturated carbocycles. The summed E-state index contributed by atoms with van der Waals surface area (Å²) in [6, 6.07) is 4.05. The van der Waals surface area contributed by atoms with Gasteiger partial charge in [-0.25, -0.2) is 4.52 Å². The monoisotopic (exact) mass is 216 g/mol. The van der Waals surface area contributed by atoms with Crippen LogP contribution in [0.25, 0.3) is 5.52 Å². The molecule has 16 heavy (non-hydrogen) atoms. The summed E-state index contributed by atoms with van der Waals surface area (Å²) in [5.74, 6) is -0.762. The lowest BCUT2D eigenvalue weighted by Crippen LogP contribution is -1.98. The van der Waals surface area contributed by atoms with Crippen LogP contribution in [0.5, 0.6) is 0 Å². The number of hydrogen-bond donors (Lipinski definition) is 1. The smallest absolute Gasteiger partial charge is 0.307 e. The number of nitrogens with zero attached hydrogens (tertiary/aromatic N) is 2. The average molecular weight is 216 g/mol. The molecule has 0 spiro atoms. The molecule has 0 bridgehead atoms. The summed E-state index contributed by atoms with van der Waals surface area (Å²) in [6.07, 6.45) is 4.44. The highest BCUT2D eigenvalue weighted by Gasteiger charge is 2.45. The molecule has 1 fully saturated rings. The molecule has 2 unspecified atom stereocenters. The van der Waals surface area contributed by atoms with Gasteiger partial charge in [-0.15, -0.1) is 0 Å². The first-order valence-corrected chi connectivity index (χ1v) is 5.33. The van der Waals surface area contributed by atoms with Crippen LogP contribution in [0.1, 0.15) is 23.5 Å². The lowest BCUT2D eigenvalue weighted by Gasteiger charge is -1.98. The molecule has 1 aliphatic carbocycles. The molecule has 1 N–H and O–H groups in total.